The Bertz CT molecular complexity index is 1090. The number of carbonyl (C=O) groups is 4. The fourth-order valence-electron chi connectivity index (χ4n) is 5.92. The van der Waals surface area contributed by atoms with Crippen molar-refractivity contribution in [1.29, 1.82) is 0 Å². The maximum Gasteiger partial charge on any atom is 0.251 e. The summed E-state index contributed by atoms with van der Waals surface area (Å²) in [5.74, 6) is -0.727. The third kappa shape index (κ3) is 5.33. The molecule has 10 nitrogen and oxygen atoms in total. The summed E-state index contributed by atoms with van der Waals surface area (Å²) in [5.41, 5.74) is 1.56. The summed E-state index contributed by atoms with van der Waals surface area (Å²) in [6.07, 6.45) is 5.53. The number of carbonyl (C=O) groups excluding carboxylic acids is 4. The van der Waals surface area contributed by atoms with Crippen LogP contribution in [0.15, 0.2) is 36.5 Å². The monoisotopic (exact) mass is 522 g/mol. The molecule has 0 aliphatic carbocycles. The van der Waals surface area contributed by atoms with E-state index in [0.717, 1.165) is 51.3 Å². The highest BCUT2D eigenvalue weighted by Gasteiger charge is 2.51. The van der Waals surface area contributed by atoms with E-state index in [1.54, 1.807) is 24.4 Å². The number of likely N-dealkylation sites (tertiary alicyclic amines) is 1. The van der Waals surface area contributed by atoms with Gasteiger partial charge in [0.15, 0.2) is 5.78 Å². The van der Waals surface area contributed by atoms with Gasteiger partial charge in [0, 0.05) is 43.6 Å². The fraction of sp³-hybridized carbons (Fsp3) is 0.571. The Morgan fingerprint density at radius 1 is 1.08 bits per heavy atom. The zero-order valence-electron chi connectivity index (χ0n) is 22.2. The molecule has 3 amide bonds. The van der Waals surface area contributed by atoms with E-state index >= 15 is 0 Å². The van der Waals surface area contributed by atoms with Crippen LogP contribution in [-0.2, 0) is 14.4 Å². The second-order valence-corrected chi connectivity index (χ2v) is 11.0. The summed E-state index contributed by atoms with van der Waals surface area (Å²) in [4.78, 5) is 58.2. The number of nitrogens with zero attached hydrogens (tertiary/aromatic N) is 3. The number of benzene rings is 1. The van der Waals surface area contributed by atoms with Crippen LogP contribution in [0.3, 0.4) is 0 Å². The van der Waals surface area contributed by atoms with Crippen molar-refractivity contribution in [3.63, 3.8) is 0 Å². The third-order valence-corrected chi connectivity index (χ3v) is 7.90. The number of piperazine rings is 1. The molecule has 0 radical (unpaired) electrons. The van der Waals surface area contributed by atoms with Gasteiger partial charge in [0.1, 0.15) is 12.1 Å². The fourth-order valence-corrected chi connectivity index (χ4v) is 5.92. The lowest BCUT2D eigenvalue weighted by Gasteiger charge is -2.30. The first-order valence-electron chi connectivity index (χ1n) is 13.8. The van der Waals surface area contributed by atoms with Gasteiger partial charge in [-0.25, -0.2) is 0 Å². The van der Waals surface area contributed by atoms with Crippen molar-refractivity contribution in [1.82, 2.24) is 25.8 Å². The molecule has 10 heteroatoms. The topological polar surface area (TPSA) is 114 Å². The average Bonchev–Trinajstić information content (AvgIpc) is 3.67. The van der Waals surface area contributed by atoms with Gasteiger partial charge in [-0.3, -0.25) is 19.2 Å². The number of amides is 3. The smallest absolute Gasteiger partial charge is 0.251 e. The minimum atomic E-state index is -0.767. The van der Waals surface area contributed by atoms with Crippen LogP contribution in [0.25, 0.3) is 0 Å². The second-order valence-electron chi connectivity index (χ2n) is 11.0. The standard InChI is InChI=1S/C28H38N6O4/c1-18(2)16-22(31-26(36)19-5-7-20(8-6-19)32-14-11-29-12-15-32)28(38)34-17-24(35)25-23(34)9-13-33(25)27(37)21-4-3-10-30-21/h5-9,13,18,21-23,25,29-30H,3-4,10-12,14-17H2,1-2H3,(H,31,36). The number of rotatable bonds is 7. The molecule has 204 valence electrons. The lowest BCUT2D eigenvalue weighted by molar-refractivity contribution is -0.136. The molecule has 3 fully saturated rings. The van der Waals surface area contributed by atoms with Crippen LogP contribution in [0.2, 0.25) is 0 Å². The Kier molecular flexibility index (Phi) is 7.80. The van der Waals surface area contributed by atoms with Gasteiger partial charge in [0.05, 0.1) is 18.6 Å². The molecule has 38 heavy (non-hydrogen) atoms. The molecule has 5 rings (SSSR count). The van der Waals surface area contributed by atoms with Crippen LogP contribution in [-0.4, -0.2) is 96.7 Å². The Labute approximate surface area is 223 Å². The van der Waals surface area contributed by atoms with Crippen LogP contribution in [0.4, 0.5) is 5.69 Å². The van der Waals surface area contributed by atoms with Crippen molar-refractivity contribution in [3.8, 4) is 0 Å². The van der Waals surface area contributed by atoms with Crippen LogP contribution >= 0.6 is 0 Å². The van der Waals surface area contributed by atoms with E-state index in [2.05, 4.69) is 20.9 Å². The Hall–Kier alpha value is -3.24. The molecule has 3 N–H and O–H groups in total. The zero-order valence-corrected chi connectivity index (χ0v) is 22.2. The van der Waals surface area contributed by atoms with E-state index in [0.29, 0.717) is 12.0 Å². The minimum Gasteiger partial charge on any atom is -0.369 e. The molecular weight excluding hydrogens is 484 g/mol. The van der Waals surface area contributed by atoms with Crippen molar-refractivity contribution in [3.05, 3.63) is 42.1 Å². The van der Waals surface area contributed by atoms with Gasteiger partial charge in [0.25, 0.3) is 5.91 Å². The Balaban J connectivity index is 1.26. The molecule has 4 aliphatic heterocycles. The Morgan fingerprint density at radius 3 is 2.47 bits per heavy atom. The van der Waals surface area contributed by atoms with Gasteiger partial charge in [-0.15, -0.1) is 0 Å². The second kappa shape index (κ2) is 11.2. The van der Waals surface area contributed by atoms with Gasteiger partial charge in [-0.2, -0.15) is 0 Å². The zero-order chi connectivity index (χ0) is 26.8. The lowest BCUT2D eigenvalue weighted by Crippen LogP contribution is -2.52. The van der Waals surface area contributed by atoms with Crippen LogP contribution in [0.1, 0.15) is 43.5 Å². The first-order valence-corrected chi connectivity index (χ1v) is 13.8. The SMILES string of the molecule is CC(C)CC(NC(=O)c1ccc(N2CCNCC2)cc1)C(=O)N1CC(=O)C2C1C=CN2C(=O)C1CCCN1. The lowest BCUT2D eigenvalue weighted by atomic mass is 10.0. The molecule has 4 atom stereocenters. The molecule has 1 aromatic rings. The molecule has 0 bridgehead atoms. The number of ketones is 1. The predicted octanol–water partition coefficient (Wildman–Crippen LogP) is 0.497. The van der Waals surface area contributed by atoms with E-state index in [1.165, 1.54) is 9.80 Å². The van der Waals surface area contributed by atoms with Crippen molar-refractivity contribution in [2.24, 2.45) is 5.92 Å². The van der Waals surface area contributed by atoms with Crippen molar-refractivity contribution >= 4 is 29.2 Å². The summed E-state index contributed by atoms with van der Waals surface area (Å²) in [5, 5.41) is 9.46. The molecule has 1 aromatic carbocycles. The molecule has 4 aliphatic rings. The summed E-state index contributed by atoms with van der Waals surface area (Å²) in [6, 6.07) is 5.21. The highest BCUT2D eigenvalue weighted by atomic mass is 16.2. The highest BCUT2D eigenvalue weighted by Crippen LogP contribution is 2.30. The maximum absolute atomic E-state index is 13.7. The van der Waals surface area contributed by atoms with Crippen molar-refractivity contribution in [2.45, 2.75) is 57.3 Å². The largest absolute Gasteiger partial charge is 0.369 e. The quantitative estimate of drug-likeness (QED) is 0.478. The minimum absolute atomic E-state index is 0.0652. The molecule has 4 unspecified atom stereocenters. The van der Waals surface area contributed by atoms with Crippen LogP contribution in [0.5, 0.6) is 0 Å². The number of anilines is 1. The molecular formula is C28H38N6O4. The molecule has 4 heterocycles. The van der Waals surface area contributed by atoms with Gasteiger partial charge in [0.2, 0.25) is 11.8 Å². The van der Waals surface area contributed by atoms with Crippen molar-refractivity contribution < 1.29 is 19.2 Å². The first kappa shape index (κ1) is 26.4. The molecule has 3 saturated heterocycles. The number of Topliss-reactive ketones (excluding diaryl/α,β-unsaturated/α-hetero) is 1. The number of fused-ring (bicyclic) bond motifs is 1. The van der Waals surface area contributed by atoms with E-state index in [-0.39, 0.29) is 42.0 Å². The number of nitrogens with one attached hydrogen (secondary N) is 3. The summed E-state index contributed by atoms with van der Waals surface area (Å²) >= 11 is 0. The highest BCUT2D eigenvalue weighted by molar-refractivity contribution is 6.02. The Morgan fingerprint density at radius 2 is 1.82 bits per heavy atom. The first-order chi connectivity index (χ1) is 18.3. The van der Waals surface area contributed by atoms with E-state index < -0.39 is 18.1 Å². The van der Waals surface area contributed by atoms with E-state index in [9.17, 15) is 19.2 Å². The van der Waals surface area contributed by atoms with Crippen LogP contribution < -0.4 is 20.9 Å². The molecule has 0 saturated carbocycles. The van der Waals surface area contributed by atoms with E-state index in [4.69, 9.17) is 0 Å². The third-order valence-electron chi connectivity index (χ3n) is 7.90. The number of hydrogen-bond acceptors (Lipinski definition) is 7. The normalized spacial score (nSPS) is 25.7. The maximum atomic E-state index is 13.7. The average molecular weight is 523 g/mol. The van der Waals surface area contributed by atoms with Crippen LogP contribution in [0, 0.1) is 5.92 Å². The summed E-state index contributed by atoms with van der Waals surface area (Å²) in [6.45, 7) is 8.42. The van der Waals surface area contributed by atoms with Gasteiger partial charge in [-0.1, -0.05) is 13.8 Å². The van der Waals surface area contributed by atoms with Gasteiger partial charge >= 0.3 is 0 Å². The number of hydrogen-bond donors (Lipinski definition) is 3. The van der Waals surface area contributed by atoms with Crippen molar-refractivity contribution in [2.75, 3.05) is 44.2 Å². The predicted molar refractivity (Wildman–Crippen MR) is 144 cm³/mol. The summed E-state index contributed by atoms with van der Waals surface area (Å²) < 4.78 is 0. The van der Waals surface area contributed by atoms with Gasteiger partial charge < -0.3 is 30.7 Å². The van der Waals surface area contributed by atoms with E-state index in [1.807, 2.05) is 26.0 Å². The van der Waals surface area contributed by atoms with Gasteiger partial charge in [-0.05, 0) is 62.1 Å². The molecule has 0 spiro atoms. The summed E-state index contributed by atoms with van der Waals surface area (Å²) in [7, 11) is 0. The molecule has 0 aromatic heterocycles.